The number of hydrogen-bond acceptors (Lipinski definition) is 7. The molecule has 9 N–H and O–H groups in total. The zero-order valence-electron chi connectivity index (χ0n) is 22.2. The van der Waals surface area contributed by atoms with Crippen molar-refractivity contribution in [3.63, 3.8) is 0 Å². The van der Waals surface area contributed by atoms with Gasteiger partial charge in [-0.25, -0.2) is 9.78 Å². The fraction of sp³-hybridized carbons (Fsp3) is 0.500. The predicted molar refractivity (Wildman–Crippen MR) is 143 cm³/mol. The molecular formula is C26H39N7O5. The van der Waals surface area contributed by atoms with Crippen LogP contribution in [0.1, 0.15) is 57.8 Å². The fourth-order valence-corrected chi connectivity index (χ4v) is 3.75. The van der Waals surface area contributed by atoms with Crippen molar-refractivity contribution in [2.75, 3.05) is 5.32 Å². The minimum Gasteiger partial charge on any atom is -0.480 e. The summed E-state index contributed by atoms with van der Waals surface area (Å²) in [5, 5.41) is 17.6. The Morgan fingerprint density at radius 3 is 2.34 bits per heavy atom. The Morgan fingerprint density at radius 2 is 1.76 bits per heavy atom. The molecule has 1 aromatic heterocycles. The molecule has 0 aliphatic rings. The summed E-state index contributed by atoms with van der Waals surface area (Å²) in [5.74, 6) is -2.59. The maximum Gasteiger partial charge on any atom is 0.326 e. The maximum absolute atomic E-state index is 13.0. The standard InChI is InChI=1S/C26H39N7O5/c1-14(2)8-21(26(37)38)32-22(34)11-20(33-24(35)19(27)10-18-12-29-13-30-18)16-6-5-7-17(9-16)31-25(36)23(28)15(3)4/h5-7,9,12-15,19-21,23H,8,10-11,27-28H2,1-4H3,(H,29,30)(H,31,36)(H,32,34)(H,33,35)(H,37,38)/t19-,20?,21-,23-/m0/s1. The second-order valence-corrected chi connectivity index (χ2v) is 10.1. The van der Waals surface area contributed by atoms with E-state index in [1.807, 2.05) is 27.7 Å². The van der Waals surface area contributed by atoms with Crippen molar-refractivity contribution in [1.82, 2.24) is 20.6 Å². The third-order valence-corrected chi connectivity index (χ3v) is 5.96. The van der Waals surface area contributed by atoms with E-state index in [0.717, 1.165) is 0 Å². The van der Waals surface area contributed by atoms with Crippen LogP contribution in [0.5, 0.6) is 0 Å². The van der Waals surface area contributed by atoms with Crippen LogP contribution >= 0.6 is 0 Å². The van der Waals surface area contributed by atoms with Crippen LogP contribution in [0.15, 0.2) is 36.8 Å². The first-order valence-corrected chi connectivity index (χ1v) is 12.6. The third-order valence-electron chi connectivity index (χ3n) is 5.96. The Bertz CT molecular complexity index is 1090. The molecule has 4 atom stereocenters. The summed E-state index contributed by atoms with van der Waals surface area (Å²) in [6.07, 6.45) is 3.25. The molecule has 0 saturated carbocycles. The highest BCUT2D eigenvalue weighted by molar-refractivity contribution is 5.95. The predicted octanol–water partition coefficient (Wildman–Crippen LogP) is 1.06. The summed E-state index contributed by atoms with van der Waals surface area (Å²) in [5.41, 5.74) is 13.7. The van der Waals surface area contributed by atoms with Gasteiger partial charge in [0.05, 0.1) is 30.9 Å². The largest absolute Gasteiger partial charge is 0.480 e. The van der Waals surface area contributed by atoms with Gasteiger partial charge < -0.3 is 37.5 Å². The molecule has 2 rings (SSSR count). The summed E-state index contributed by atoms with van der Waals surface area (Å²) in [7, 11) is 0. The lowest BCUT2D eigenvalue weighted by atomic mass is 9.99. The molecule has 1 unspecified atom stereocenters. The number of nitrogens with zero attached hydrogens (tertiary/aromatic N) is 1. The van der Waals surface area contributed by atoms with Gasteiger partial charge in [0.15, 0.2) is 0 Å². The molecule has 38 heavy (non-hydrogen) atoms. The fourth-order valence-electron chi connectivity index (χ4n) is 3.75. The van der Waals surface area contributed by atoms with Gasteiger partial charge in [-0.3, -0.25) is 14.4 Å². The number of aromatic amines is 1. The van der Waals surface area contributed by atoms with Crippen molar-refractivity contribution in [3.8, 4) is 0 Å². The molecule has 3 amide bonds. The van der Waals surface area contributed by atoms with Crippen LogP contribution in [-0.2, 0) is 25.6 Å². The SMILES string of the molecule is CC(C)C[C@H](NC(=O)CC(NC(=O)[C@@H](N)Cc1cnc[nH]1)c1cccc(NC(=O)[C@@H](N)C(C)C)c1)C(=O)O. The van der Waals surface area contributed by atoms with Crippen LogP contribution in [0.3, 0.4) is 0 Å². The number of aliphatic carboxylic acids is 1. The Balaban J connectivity index is 2.25. The van der Waals surface area contributed by atoms with E-state index >= 15 is 0 Å². The third kappa shape index (κ3) is 9.60. The van der Waals surface area contributed by atoms with Crippen LogP contribution in [0.2, 0.25) is 0 Å². The number of carboxylic acids is 1. The minimum absolute atomic E-state index is 0.0462. The molecule has 0 saturated heterocycles. The Morgan fingerprint density at radius 1 is 1.05 bits per heavy atom. The number of rotatable bonds is 14. The Labute approximate surface area is 222 Å². The summed E-state index contributed by atoms with van der Waals surface area (Å²) in [4.78, 5) is 56.7. The molecular weight excluding hydrogens is 490 g/mol. The number of aromatic nitrogens is 2. The number of anilines is 1. The van der Waals surface area contributed by atoms with Gasteiger partial charge in [0.1, 0.15) is 6.04 Å². The van der Waals surface area contributed by atoms with E-state index in [-0.39, 0.29) is 37.0 Å². The van der Waals surface area contributed by atoms with Crippen molar-refractivity contribution < 1.29 is 24.3 Å². The van der Waals surface area contributed by atoms with Gasteiger partial charge in [0, 0.05) is 24.0 Å². The number of H-pyrrole nitrogens is 1. The molecule has 0 bridgehead atoms. The molecule has 2 aromatic rings. The molecule has 0 radical (unpaired) electrons. The number of carbonyl (C=O) groups excluding carboxylic acids is 3. The molecule has 0 aliphatic carbocycles. The number of nitrogens with one attached hydrogen (secondary N) is 4. The number of imidazole rings is 1. The van der Waals surface area contributed by atoms with Crippen molar-refractivity contribution >= 4 is 29.4 Å². The van der Waals surface area contributed by atoms with Crippen LogP contribution in [0.4, 0.5) is 5.69 Å². The first kappa shape index (κ1) is 30.5. The van der Waals surface area contributed by atoms with Crippen LogP contribution in [-0.4, -0.2) is 56.9 Å². The molecule has 0 spiro atoms. The number of hydrogen-bond donors (Lipinski definition) is 7. The summed E-state index contributed by atoms with van der Waals surface area (Å²) in [6.45, 7) is 7.39. The molecule has 1 heterocycles. The highest BCUT2D eigenvalue weighted by Crippen LogP contribution is 2.22. The number of nitrogens with two attached hydrogens (primary N) is 2. The average Bonchev–Trinajstić information content (AvgIpc) is 3.35. The molecule has 12 heteroatoms. The van der Waals surface area contributed by atoms with Crippen LogP contribution in [0.25, 0.3) is 0 Å². The van der Waals surface area contributed by atoms with E-state index in [1.54, 1.807) is 30.5 Å². The zero-order valence-corrected chi connectivity index (χ0v) is 22.2. The summed E-state index contributed by atoms with van der Waals surface area (Å²) >= 11 is 0. The van der Waals surface area contributed by atoms with Gasteiger partial charge in [-0.2, -0.15) is 0 Å². The summed E-state index contributed by atoms with van der Waals surface area (Å²) in [6, 6.07) is 3.11. The number of carboxylic acid groups (broad SMARTS) is 1. The van der Waals surface area contributed by atoms with E-state index in [4.69, 9.17) is 11.5 Å². The Hall–Kier alpha value is -3.77. The molecule has 1 aromatic carbocycles. The van der Waals surface area contributed by atoms with Crippen LogP contribution < -0.4 is 27.4 Å². The molecule has 12 nitrogen and oxygen atoms in total. The van der Waals surface area contributed by atoms with Gasteiger partial charge >= 0.3 is 5.97 Å². The first-order valence-electron chi connectivity index (χ1n) is 12.6. The number of benzene rings is 1. The van der Waals surface area contributed by atoms with E-state index in [9.17, 15) is 24.3 Å². The zero-order chi connectivity index (χ0) is 28.4. The van der Waals surface area contributed by atoms with Crippen molar-refractivity contribution in [2.45, 2.75) is 71.1 Å². The van der Waals surface area contributed by atoms with Gasteiger partial charge in [0.2, 0.25) is 17.7 Å². The molecule has 0 fully saturated rings. The van der Waals surface area contributed by atoms with Crippen molar-refractivity contribution in [3.05, 3.63) is 48.0 Å². The highest BCUT2D eigenvalue weighted by Gasteiger charge is 2.26. The van der Waals surface area contributed by atoms with E-state index in [2.05, 4.69) is 25.9 Å². The molecule has 208 valence electrons. The van der Waals surface area contributed by atoms with Crippen molar-refractivity contribution in [2.24, 2.45) is 23.3 Å². The van der Waals surface area contributed by atoms with E-state index in [1.165, 1.54) is 6.33 Å². The van der Waals surface area contributed by atoms with Gasteiger partial charge in [-0.05, 0) is 36.0 Å². The number of amides is 3. The lowest BCUT2D eigenvalue weighted by Crippen LogP contribution is -2.46. The highest BCUT2D eigenvalue weighted by atomic mass is 16.4. The first-order chi connectivity index (χ1) is 17.9. The smallest absolute Gasteiger partial charge is 0.326 e. The van der Waals surface area contributed by atoms with Gasteiger partial charge in [-0.15, -0.1) is 0 Å². The van der Waals surface area contributed by atoms with Gasteiger partial charge in [0.25, 0.3) is 0 Å². The maximum atomic E-state index is 13.0. The van der Waals surface area contributed by atoms with E-state index < -0.39 is 42.0 Å². The normalized spacial score (nSPS) is 14.4. The van der Waals surface area contributed by atoms with E-state index in [0.29, 0.717) is 16.9 Å². The van der Waals surface area contributed by atoms with Crippen LogP contribution in [0, 0.1) is 11.8 Å². The lowest BCUT2D eigenvalue weighted by molar-refractivity contribution is -0.142. The van der Waals surface area contributed by atoms with Gasteiger partial charge in [-0.1, -0.05) is 39.8 Å². The molecule has 0 aliphatic heterocycles. The quantitative estimate of drug-likeness (QED) is 0.188. The minimum atomic E-state index is -1.14. The van der Waals surface area contributed by atoms with Crippen molar-refractivity contribution in [1.29, 1.82) is 0 Å². The monoisotopic (exact) mass is 529 g/mol. The Kier molecular flexibility index (Phi) is 11.4. The summed E-state index contributed by atoms with van der Waals surface area (Å²) < 4.78 is 0. The average molecular weight is 530 g/mol. The topological polar surface area (TPSA) is 205 Å². The number of carbonyl (C=O) groups is 4. The second kappa shape index (κ2) is 14.2. The lowest BCUT2D eigenvalue weighted by Gasteiger charge is -2.23. The second-order valence-electron chi connectivity index (χ2n) is 10.1.